The number of hydrogen-bond acceptors (Lipinski definition) is 4. The van der Waals surface area contributed by atoms with E-state index in [1.807, 2.05) is 62.4 Å². The summed E-state index contributed by atoms with van der Waals surface area (Å²) in [6.45, 7) is 12.6. The van der Waals surface area contributed by atoms with E-state index >= 15 is 0 Å². The Morgan fingerprint density at radius 1 is 1.06 bits per heavy atom. The van der Waals surface area contributed by atoms with Gasteiger partial charge < -0.3 is 20.3 Å². The lowest BCUT2D eigenvalue weighted by molar-refractivity contribution is -0.137. The number of hydrogen-bond donors (Lipinski definition) is 2. The molecular formula is C26H33N3O4. The highest BCUT2D eigenvalue weighted by molar-refractivity contribution is 5.98. The van der Waals surface area contributed by atoms with E-state index in [2.05, 4.69) is 17.2 Å². The second kappa shape index (κ2) is 11.3. The van der Waals surface area contributed by atoms with Crippen LogP contribution in [0.2, 0.25) is 0 Å². The van der Waals surface area contributed by atoms with Crippen molar-refractivity contribution in [2.24, 2.45) is 0 Å². The standard InChI is InChI=1S/C26H33N3O4/c1-7-16-29(22(30)17-27-25(32)33-26(4,5)6)23(20-14-12-18(2)13-15-20)24(31)28-21-11-9-8-10-19(21)3/h7-15,23H,1,16-17H2,2-6H3,(H,27,32)(H,28,31). The number of amides is 3. The van der Waals surface area contributed by atoms with Crippen molar-refractivity contribution in [2.75, 3.05) is 18.4 Å². The average molecular weight is 452 g/mol. The zero-order valence-electron chi connectivity index (χ0n) is 20.0. The Kier molecular flexibility index (Phi) is 8.79. The summed E-state index contributed by atoms with van der Waals surface area (Å²) in [7, 11) is 0. The van der Waals surface area contributed by atoms with Crippen LogP contribution in [0.15, 0.2) is 61.2 Å². The van der Waals surface area contributed by atoms with Gasteiger partial charge in [0.15, 0.2) is 0 Å². The van der Waals surface area contributed by atoms with Crippen molar-refractivity contribution in [2.45, 2.75) is 46.3 Å². The van der Waals surface area contributed by atoms with Gasteiger partial charge in [0, 0.05) is 12.2 Å². The third-order valence-electron chi connectivity index (χ3n) is 4.79. The first kappa shape index (κ1) is 25.6. The van der Waals surface area contributed by atoms with Gasteiger partial charge in [-0.05, 0) is 51.8 Å². The molecule has 0 aliphatic heterocycles. The monoisotopic (exact) mass is 451 g/mol. The van der Waals surface area contributed by atoms with Crippen molar-refractivity contribution in [3.05, 3.63) is 77.9 Å². The molecule has 0 saturated carbocycles. The second-order valence-corrected chi connectivity index (χ2v) is 8.81. The number of para-hydroxylation sites is 1. The molecule has 3 amide bonds. The summed E-state index contributed by atoms with van der Waals surface area (Å²) in [5.74, 6) is -0.799. The number of nitrogens with one attached hydrogen (secondary N) is 2. The van der Waals surface area contributed by atoms with Crippen LogP contribution < -0.4 is 10.6 Å². The molecule has 2 aromatic carbocycles. The maximum absolute atomic E-state index is 13.4. The molecule has 2 aromatic rings. The summed E-state index contributed by atoms with van der Waals surface area (Å²) in [5.41, 5.74) is 2.56. The van der Waals surface area contributed by atoms with E-state index in [4.69, 9.17) is 4.74 Å². The van der Waals surface area contributed by atoms with Gasteiger partial charge in [-0.3, -0.25) is 9.59 Å². The summed E-state index contributed by atoms with van der Waals surface area (Å²) in [4.78, 5) is 40.0. The molecule has 2 N–H and O–H groups in total. The molecule has 1 unspecified atom stereocenters. The van der Waals surface area contributed by atoms with Gasteiger partial charge in [-0.25, -0.2) is 4.79 Å². The molecule has 0 bridgehead atoms. The van der Waals surface area contributed by atoms with Crippen LogP contribution >= 0.6 is 0 Å². The first-order valence-corrected chi connectivity index (χ1v) is 10.8. The minimum atomic E-state index is -0.920. The smallest absolute Gasteiger partial charge is 0.408 e. The SMILES string of the molecule is C=CCN(C(=O)CNC(=O)OC(C)(C)C)C(C(=O)Nc1ccccc1C)c1ccc(C)cc1. The number of aryl methyl sites for hydroxylation is 2. The van der Waals surface area contributed by atoms with E-state index in [1.165, 1.54) is 4.90 Å². The van der Waals surface area contributed by atoms with Crippen LogP contribution in [0.5, 0.6) is 0 Å². The van der Waals surface area contributed by atoms with Crippen LogP contribution in [0.25, 0.3) is 0 Å². The number of ether oxygens (including phenoxy) is 1. The van der Waals surface area contributed by atoms with E-state index in [0.29, 0.717) is 11.3 Å². The second-order valence-electron chi connectivity index (χ2n) is 8.81. The van der Waals surface area contributed by atoms with Crippen LogP contribution in [-0.2, 0) is 14.3 Å². The molecule has 1 atom stereocenters. The molecule has 0 fully saturated rings. The van der Waals surface area contributed by atoms with Gasteiger partial charge in [0.25, 0.3) is 5.91 Å². The van der Waals surface area contributed by atoms with E-state index < -0.39 is 23.6 Å². The first-order chi connectivity index (χ1) is 15.5. The molecule has 0 heterocycles. The van der Waals surface area contributed by atoms with Crippen LogP contribution in [0.4, 0.5) is 10.5 Å². The van der Waals surface area contributed by atoms with Gasteiger partial charge in [-0.2, -0.15) is 0 Å². The zero-order valence-corrected chi connectivity index (χ0v) is 20.0. The van der Waals surface area contributed by atoms with E-state index in [0.717, 1.165) is 11.1 Å². The fraction of sp³-hybridized carbons (Fsp3) is 0.346. The number of rotatable bonds is 8. The predicted molar refractivity (Wildman–Crippen MR) is 130 cm³/mol. The third kappa shape index (κ3) is 7.79. The van der Waals surface area contributed by atoms with Gasteiger partial charge in [-0.1, -0.05) is 54.1 Å². The first-order valence-electron chi connectivity index (χ1n) is 10.8. The van der Waals surface area contributed by atoms with Crippen LogP contribution in [0.3, 0.4) is 0 Å². The average Bonchev–Trinajstić information content (AvgIpc) is 2.73. The fourth-order valence-electron chi connectivity index (χ4n) is 3.19. The third-order valence-corrected chi connectivity index (χ3v) is 4.79. The lowest BCUT2D eigenvalue weighted by Crippen LogP contribution is -2.46. The van der Waals surface area contributed by atoms with Crippen molar-refractivity contribution in [1.29, 1.82) is 0 Å². The molecule has 0 aliphatic rings. The Morgan fingerprint density at radius 2 is 1.70 bits per heavy atom. The summed E-state index contributed by atoms with van der Waals surface area (Å²) in [5, 5.41) is 5.41. The van der Waals surface area contributed by atoms with Gasteiger partial charge >= 0.3 is 6.09 Å². The number of carbonyl (C=O) groups is 3. The van der Waals surface area contributed by atoms with Crippen molar-refractivity contribution in [3.8, 4) is 0 Å². The number of anilines is 1. The lowest BCUT2D eigenvalue weighted by Gasteiger charge is -2.31. The van der Waals surface area contributed by atoms with Crippen molar-refractivity contribution >= 4 is 23.6 Å². The number of alkyl carbamates (subject to hydrolysis) is 1. The largest absolute Gasteiger partial charge is 0.444 e. The quantitative estimate of drug-likeness (QED) is 0.578. The van der Waals surface area contributed by atoms with Crippen LogP contribution in [0, 0.1) is 13.8 Å². The van der Waals surface area contributed by atoms with E-state index in [9.17, 15) is 14.4 Å². The maximum atomic E-state index is 13.4. The summed E-state index contributed by atoms with van der Waals surface area (Å²) in [6.07, 6.45) is 0.846. The van der Waals surface area contributed by atoms with Gasteiger partial charge in [-0.15, -0.1) is 6.58 Å². The molecule has 7 nitrogen and oxygen atoms in total. The highest BCUT2D eigenvalue weighted by Crippen LogP contribution is 2.25. The Morgan fingerprint density at radius 3 is 2.27 bits per heavy atom. The van der Waals surface area contributed by atoms with Crippen molar-refractivity contribution < 1.29 is 19.1 Å². The van der Waals surface area contributed by atoms with Crippen LogP contribution in [-0.4, -0.2) is 41.5 Å². The summed E-state index contributed by atoms with van der Waals surface area (Å²) in [6, 6.07) is 13.9. The minimum absolute atomic E-state index is 0.120. The zero-order chi connectivity index (χ0) is 24.6. The van der Waals surface area contributed by atoms with Gasteiger partial charge in [0.05, 0.1) is 0 Å². The Labute approximate surface area is 195 Å². The number of carbonyl (C=O) groups excluding carboxylic acids is 3. The lowest BCUT2D eigenvalue weighted by atomic mass is 10.0. The minimum Gasteiger partial charge on any atom is -0.444 e. The summed E-state index contributed by atoms with van der Waals surface area (Å²) >= 11 is 0. The van der Waals surface area contributed by atoms with E-state index in [1.54, 1.807) is 26.8 Å². The molecule has 33 heavy (non-hydrogen) atoms. The predicted octanol–water partition coefficient (Wildman–Crippen LogP) is 4.52. The number of nitrogens with zero attached hydrogens (tertiary/aromatic N) is 1. The molecule has 0 aliphatic carbocycles. The Bertz CT molecular complexity index is 993. The van der Waals surface area contributed by atoms with Crippen molar-refractivity contribution in [3.63, 3.8) is 0 Å². The fourth-order valence-corrected chi connectivity index (χ4v) is 3.19. The molecule has 0 aromatic heterocycles. The molecule has 7 heteroatoms. The topological polar surface area (TPSA) is 87.7 Å². The molecule has 2 rings (SSSR count). The normalized spacial score (nSPS) is 11.8. The highest BCUT2D eigenvalue weighted by atomic mass is 16.6. The van der Waals surface area contributed by atoms with Crippen LogP contribution in [0.1, 0.15) is 43.5 Å². The van der Waals surface area contributed by atoms with Crippen molar-refractivity contribution in [1.82, 2.24) is 10.2 Å². The highest BCUT2D eigenvalue weighted by Gasteiger charge is 2.31. The molecule has 0 saturated heterocycles. The van der Waals surface area contributed by atoms with Gasteiger partial charge in [0.1, 0.15) is 18.2 Å². The Hall–Kier alpha value is -3.61. The molecular weight excluding hydrogens is 418 g/mol. The Balaban J connectivity index is 2.32. The molecule has 0 radical (unpaired) electrons. The van der Waals surface area contributed by atoms with E-state index in [-0.39, 0.29) is 19.0 Å². The maximum Gasteiger partial charge on any atom is 0.408 e. The molecule has 0 spiro atoms. The van der Waals surface area contributed by atoms with Gasteiger partial charge in [0.2, 0.25) is 5.91 Å². The number of benzene rings is 2. The summed E-state index contributed by atoms with van der Waals surface area (Å²) < 4.78 is 5.21. The molecule has 176 valence electrons.